The molecule has 0 bridgehead atoms. The number of halogens is 1. The summed E-state index contributed by atoms with van der Waals surface area (Å²) in [6.45, 7) is 0. The molecule has 29 heavy (non-hydrogen) atoms. The molecule has 2 aliphatic rings. The number of methoxy groups -OCH3 is 1. The van der Waals surface area contributed by atoms with Gasteiger partial charge in [-0.15, -0.1) is 5.10 Å². The van der Waals surface area contributed by atoms with Crippen molar-refractivity contribution in [2.24, 2.45) is 0 Å². The number of hydrogen-bond donors (Lipinski definition) is 0. The van der Waals surface area contributed by atoms with Crippen molar-refractivity contribution in [3.63, 3.8) is 0 Å². The zero-order valence-corrected chi connectivity index (χ0v) is 15.7. The summed E-state index contributed by atoms with van der Waals surface area (Å²) in [5.74, 6) is -0.839. The smallest absolute Gasteiger partial charge is 0.261 e. The lowest BCUT2D eigenvalue weighted by Crippen LogP contribution is -2.32. The Kier molecular flexibility index (Phi) is 3.94. The molecule has 1 aromatic heterocycles. The van der Waals surface area contributed by atoms with Crippen LogP contribution in [0.5, 0.6) is 5.75 Å². The maximum Gasteiger partial charge on any atom is 0.261 e. The fourth-order valence-electron chi connectivity index (χ4n) is 3.97. The first kappa shape index (κ1) is 17.5. The van der Waals surface area contributed by atoms with Crippen LogP contribution < -0.4 is 9.64 Å². The number of fused-ring (bicyclic) bond motifs is 1. The van der Waals surface area contributed by atoms with Gasteiger partial charge in [0.05, 0.1) is 24.0 Å². The van der Waals surface area contributed by atoms with Crippen molar-refractivity contribution in [1.82, 2.24) is 15.0 Å². The van der Waals surface area contributed by atoms with E-state index in [1.54, 1.807) is 31.4 Å². The summed E-state index contributed by atoms with van der Waals surface area (Å²) < 4.78 is 21.6. The number of ether oxygens (including phenoxy) is 1. The molecule has 0 N–H and O–H groups in total. The van der Waals surface area contributed by atoms with Gasteiger partial charge in [0.1, 0.15) is 17.1 Å². The van der Waals surface area contributed by atoms with E-state index in [-0.39, 0.29) is 5.69 Å². The van der Waals surface area contributed by atoms with E-state index in [0.29, 0.717) is 46.5 Å². The first-order valence-corrected chi connectivity index (χ1v) is 9.38. The van der Waals surface area contributed by atoms with Gasteiger partial charge in [-0.2, -0.15) is 0 Å². The summed E-state index contributed by atoms with van der Waals surface area (Å²) in [5, 5.41) is 8.12. The minimum atomic E-state index is -0.680. The predicted molar refractivity (Wildman–Crippen MR) is 103 cm³/mol. The van der Waals surface area contributed by atoms with Crippen LogP contribution in [0.15, 0.2) is 47.5 Å². The minimum Gasteiger partial charge on any atom is -0.497 e. The molecule has 2 heterocycles. The van der Waals surface area contributed by atoms with Crippen LogP contribution in [-0.2, 0) is 9.59 Å². The summed E-state index contributed by atoms with van der Waals surface area (Å²) in [6.07, 6.45) is 2.85. The van der Waals surface area contributed by atoms with Crippen LogP contribution in [0, 0.1) is 5.82 Å². The van der Waals surface area contributed by atoms with Crippen LogP contribution in [0.25, 0.3) is 16.7 Å². The Morgan fingerprint density at radius 2 is 1.66 bits per heavy atom. The number of aromatic nitrogens is 3. The van der Waals surface area contributed by atoms with E-state index < -0.39 is 17.6 Å². The molecule has 0 saturated heterocycles. The minimum absolute atomic E-state index is 0.0704. The van der Waals surface area contributed by atoms with E-state index in [1.807, 2.05) is 0 Å². The molecule has 1 aliphatic carbocycles. The van der Waals surface area contributed by atoms with E-state index in [2.05, 4.69) is 10.3 Å². The third-order valence-electron chi connectivity index (χ3n) is 5.46. The van der Waals surface area contributed by atoms with Crippen LogP contribution in [0.2, 0.25) is 0 Å². The highest BCUT2D eigenvalue weighted by molar-refractivity contribution is 6.33. The number of carbonyl (C=O) groups is 2. The zero-order valence-electron chi connectivity index (χ0n) is 15.7. The summed E-state index contributed by atoms with van der Waals surface area (Å²) in [6, 6.07) is 9.81. The summed E-state index contributed by atoms with van der Waals surface area (Å²) >= 11 is 0. The topological polar surface area (TPSA) is 77.3 Å². The number of amides is 2. The molecule has 3 aromatic rings. The third kappa shape index (κ3) is 2.63. The highest BCUT2D eigenvalue weighted by Gasteiger charge is 2.41. The van der Waals surface area contributed by atoms with E-state index in [9.17, 15) is 14.0 Å². The fourth-order valence-corrected chi connectivity index (χ4v) is 3.97. The Balaban J connectivity index is 1.61. The molecule has 2 aromatic carbocycles. The Labute approximate surface area is 165 Å². The van der Waals surface area contributed by atoms with Gasteiger partial charge in [0.15, 0.2) is 0 Å². The standard InChI is InChI=1S/C21H17FN4O3/c1-29-13-8-6-12(7-9-13)26-19-11-18(16(22)10-17(19)23-24-26)25-20(27)14-4-2-3-5-15(14)21(25)28/h6-11H,2-5H2,1H3. The lowest BCUT2D eigenvalue weighted by atomic mass is 9.93. The van der Waals surface area contributed by atoms with E-state index in [0.717, 1.165) is 17.7 Å². The van der Waals surface area contributed by atoms with Gasteiger partial charge in [0.25, 0.3) is 11.8 Å². The van der Waals surface area contributed by atoms with E-state index in [4.69, 9.17) is 4.74 Å². The predicted octanol–water partition coefficient (Wildman–Crippen LogP) is 3.31. The van der Waals surface area contributed by atoms with Gasteiger partial charge in [-0.3, -0.25) is 9.59 Å². The van der Waals surface area contributed by atoms with Crippen molar-refractivity contribution in [3.8, 4) is 11.4 Å². The first-order chi connectivity index (χ1) is 14.1. The Bertz CT molecular complexity index is 1170. The zero-order chi connectivity index (χ0) is 20.1. The van der Waals surface area contributed by atoms with Crippen molar-refractivity contribution < 1.29 is 18.7 Å². The van der Waals surface area contributed by atoms with Crippen molar-refractivity contribution >= 4 is 28.5 Å². The van der Waals surface area contributed by atoms with Gasteiger partial charge in [-0.1, -0.05) is 5.21 Å². The van der Waals surface area contributed by atoms with Crippen LogP contribution >= 0.6 is 0 Å². The quantitative estimate of drug-likeness (QED) is 0.639. The summed E-state index contributed by atoms with van der Waals surface area (Å²) in [7, 11) is 1.58. The second-order valence-corrected chi connectivity index (χ2v) is 7.10. The number of nitrogens with zero attached hydrogens (tertiary/aromatic N) is 4. The molecule has 0 unspecified atom stereocenters. The average Bonchev–Trinajstić information content (AvgIpc) is 3.26. The highest BCUT2D eigenvalue weighted by atomic mass is 19.1. The summed E-state index contributed by atoms with van der Waals surface area (Å²) in [4.78, 5) is 26.6. The van der Waals surface area contributed by atoms with Gasteiger partial charge in [0.2, 0.25) is 0 Å². The van der Waals surface area contributed by atoms with Gasteiger partial charge in [-0.05, 0) is 56.0 Å². The second-order valence-electron chi connectivity index (χ2n) is 7.10. The Hall–Kier alpha value is -3.55. The van der Waals surface area contributed by atoms with Crippen molar-refractivity contribution in [2.75, 3.05) is 12.0 Å². The molecule has 7 nitrogen and oxygen atoms in total. The Morgan fingerprint density at radius 3 is 2.28 bits per heavy atom. The lowest BCUT2D eigenvalue weighted by Gasteiger charge is -2.16. The molecule has 8 heteroatoms. The molecule has 146 valence electrons. The molecule has 0 radical (unpaired) electrons. The monoisotopic (exact) mass is 392 g/mol. The maximum absolute atomic E-state index is 14.8. The highest BCUT2D eigenvalue weighted by Crippen LogP contribution is 2.37. The molecule has 2 amide bonds. The number of hydrogen-bond acceptors (Lipinski definition) is 5. The average molecular weight is 392 g/mol. The van der Waals surface area contributed by atoms with Crippen molar-refractivity contribution in [3.05, 3.63) is 53.4 Å². The van der Waals surface area contributed by atoms with Gasteiger partial charge >= 0.3 is 0 Å². The van der Waals surface area contributed by atoms with Gasteiger partial charge < -0.3 is 4.74 Å². The molecular formula is C21H17FN4O3. The van der Waals surface area contributed by atoms with Gasteiger partial charge in [-0.25, -0.2) is 14.0 Å². The SMILES string of the molecule is COc1ccc(-n2nnc3cc(F)c(N4C(=O)C5=C(CCCC5)C4=O)cc32)cc1. The maximum atomic E-state index is 14.8. The van der Waals surface area contributed by atoms with Crippen LogP contribution in [0.4, 0.5) is 10.1 Å². The van der Waals surface area contributed by atoms with E-state index in [1.165, 1.54) is 16.8 Å². The number of anilines is 1. The number of carbonyl (C=O) groups excluding carboxylic acids is 2. The fraction of sp³-hybridized carbons (Fsp3) is 0.238. The molecule has 0 fully saturated rings. The van der Waals surface area contributed by atoms with E-state index >= 15 is 0 Å². The number of rotatable bonds is 3. The third-order valence-corrected chi connectivity index (χ3v) is 5.46. The van der Waals surface area contributed by atoms with Crippen LogP contribution in [0.1, 0.15) is 25.7 Å². The van der Waals surface area contributed by atoms with Gasteiger partial charge in [0, 0.05) is 17.2 Å². The number of benzene rings is 2. The lowest BCUT2D eigenvalue weighted by molar-refractivity contribution is -0.120. The van der Waals surface area contributed by atoms with Crippen LogP contribution in [0.3, 0.4) is 0 Å². The molecule has 0 saturated carbocycles. The first-order valence-electron chi connectivity index (χ1n) is 9.38. The summed E-state index contributed by atoms with van der Waals surface area (Å²) in [5.41, 5.74) is 2.49. The molecular weight excluding hydrogens is 375 g/mol. The molecule has 0 spiro atoms. The van der Waals surface area contributed by atoms with Crippen molar-refractivity contribution in [2.45, 2.75) is 25.7 Å². The van der Waals surface area contributed by atoms with Crippen molar-refractivity contribution in [1.29, 1.82) is 0 Å². The van der Waals surface area contributed by atoms with Crippen LogP contribution in [-0.4, -0.2) is 33.9 Å². The second kappa shape index (κ2) is 6.51. The molecule has 5 rings (SSSR count). The Morgan fingerprint density at radius 1 is 1.00 bits per heavy atom. The largest absolute Gasteiger partial charge is 0.497 e. The number of imide groups is 1. The molecule has 1 aliphatic heterocycles. The normalized spacial score (nSPS) is 16.7. The molecule has 0 atom stereocenters.